The van der Waals surface area contributed by atoms with E-state index in [2.05, 4.69) is 9.97 Å². The monoisotopic (exact) mass is 175 g/mol. The Hall–Kier alpha value is -1.68. The average Bonchev–Trinajstić information content (AvgIpc) is 2.16. The van der Waals surface area contributed by atoms with Gasteiger partial charge in [-0.2, -0.15) is 0 Å². The molecule has 2 aromatic heterocycles. The molecule has 2 aromatic rings. The van der Waals surface area contributed by atoms with Gasteiger partial charge in [-0.05, 0) is 12.1 Å². The third kappa shape index (κ3) is 1.31. The molecule has 0 aliphatic heterocycles. The molecule has 0 spiro atoms. The Kier molecular flexibility index (Phi) is 1.83. The Labute approximate surface area is 74.4 Å². The summed E-state index contributed by atoms with van der Waals surface area (Å²) in [6, 6.07) is 4.97. The molecule has 0 unspecified atom stereocenters. The number of aromatic amines is 1. The van der Waals surface area contributed by atoms with Gasteiger partial charge in [0.05, 0.1) is 11.2 Å². The number of aromatic nitrogens is 2. The van der Waals surface area contributed by atoms with Gasteiger partial charge in [0.25, 0.3) is 0 Å². The zero-order valence-corrected chi connectivity index (χ0v) is 6.95. The molecule has 13 heavy (non-hydrogen) atoms. The minimum Gasteiger partial charge on any atom is -0.325 e. The average molecular weight is 175 g/mol. The lowest BCUT2D eigenvalue weighted by Crippen LogP contribution is -2.06. The number of fused-ring (bicyclic) bond motifs is 1. The van der Waals surface area contributed by atoms with Crippen LogP contribution in [0.5, 0.6) is 0 Å². The van der Waals surface area contributed by atoms with Gasteiger partial charge in [0.2, 0.25) is 5.56 Å². The van der Waals surface area contributed by atoms with Gasteiger partial charge < -0.3 is 10.7 Å². The molecule has 2 heterocycles. The van der Waals surface area contributed by atoms with Crippen molar-refractivity contribution in [3.8, 4) is 0 Å². The van der Waals surface area contributed by atoms with Crippen LogP contribution in [0.25, 0.3) is 10.9 Å². The number of pyridine rings is 2. The molecule has 0 saturated heterocycles. The van der Waals surface area contributed by atoms with Crippen LogP contribution in [0.4, 0.5) is 0 Å². The van der Waals surface area contributed by atoms with Crippen LogP contribution in [0.2, 0.25) is 0 Å². The van der Waals surface area contributed by atoms with Crippen molar-refractivity contribution in [3.63, 3.8) is 0 Å². The summed E-state index contributed by atoms with van der Waals surface area (Å²) in [5.41, 5.74) is 6.97. The van der Waals surface area contributed by atoms with Gasteiger partial charge in [-0.1, -0.05) is 0 Å². The highest BCUT2D eigenvalue weighted by Crippen LogP contribution is 2.11. The van der Waals surface area contributed by atoms with E-state index in [0.717, 1.165) is 16.6 Å². The number of nitrogens with two attached hydrogens (primary N) is 1. The van der Waals surface area contributed by atoms with Crippen LogP contribution in [-0.2, 0) is 6.54 Å². The largest absolute Gasteiger partial charge is 0.325 e. The van der Waals surface area contributed by atoms with E-state index in [4.69, 9.17) is 5.73 Å². The smallest absolute Gasteiger partial charge is 0.248 e. The zero-order valence-electron chi connectivity index (χ0n) is 6.95. The predicted octanol–water partition coefficient (Wildman–Crippen LogP) is 0.382. The summed E-state index contributed by atoms with van der Waals surface area (Å²) in [7, 11) is 0. The van der Waals surface area contributed by atoms with E-state index in [0.29, 0.717) is 6.54 Å². The molecule has 0 atom stereocenters. The van der Waals surface area contributed by atoms with Gasteiger partial charge in [-0.3, -0.25) is 9.78 Å². The lowest BCUT2D eigenvalue weighted by atomic mass is 10.2. The summed E-state index contributed by atoms with van der Waals surface area (Å²) in [6.45, 7) is 0.378. The first kappa shape index (κ1) is 7.94. The van der Waals surface area contributed by atoms with Crippen LogP contribution in [-0.4, -0.2) is 9.97 Å². The number of hydrogen-bond donors (Lipinski definition) is 2. The third-order valence-electron chi connectivity index (χ3n) is 1.93. The van der Waals surface area contributed by atoms with E-state index in [1.165, 1.54) is 6.07 Å². The van der Waals surface area contributed by atoms with E-state index < -0.39 is 0 Å². The molecule has 0 fully saturated rings. The topological polar surface area (TPSA) is 71.8 Å². The Morgan fingerprint density at radius 1 is 1.38 bits per heavy atom. The van der Waals surface area contributed by atoms with Gasteiger partial charge in [-0.15, -0.1) is 0 Å². The van der Waals surface area contributed by atoms with E-state index in [-0.39, 0.29) is 5.56 Å². The van der Waals surface area contributed by atoms with Crippen LogP contribution >= 0.6 is 0 Å². The highest BCUT2D eigenvalue weighted by molar-refractivity contribution is 5.80. The van der Waals surface area contributed by atoms with E-state index in [1.54, 1.807) is 18.3 Å². The molecular formula is C9H9N3O. The molecule has 4 nitrogen and oxygen atoms in total. The van der Waals surface area contributed by atoms with Gasteiger partial charge in [0.1, 0.15) is 0 Å². The van der Waals surface area contributed by atoms with Crippen molar-refractivity contribution in [1.29, 1.82) is 0 Å². The van der Waals surface area contributed by atoms with Gasteiger partial charge in [-0.25, -0.2) is 0 Å². The van der Waals surface area contributed by atoms with Gasteiger partial charge in [0.15, 0.2) is 0 Å². The minimum atomic E-state index is -0.110. The lowest BCUT2D eigenvalue weighted by Gasteiger charge is -2.01. The van der Waals surface area contributed by atoms with Crippen LogP contribution in [0.3, 0.4) is 0 Å². The summed E-state index contributed by atoms with van der Waals surface area (Å²) in [5.74, 6) is 0. The molecule has 0 aromatic carbocycles. The number of nitrogens with one attached hydrogen (secondary N) is 1. The highest BCUT2D eigenvalue weighted by Gasteiger charge is 1.99. The Morgan fingerprint density at radius 3 is 3.00 bits per heavy atom. The van der Waals surface area contributed by atoms with E-state index in [9.17, 15) is 4.79 Å². The fourth-order valence-corrected chi connectivity index (χ4v) is 1.31. The maximum absolute atomic E-state index is 11.0. The Bertz CT molecular complexity index is 489. The van der Waals surface area contributed by atoms with Crippen molar-refractivity contribution in [2.75, 3.05) is 0 Å². The highest BCUT2D eigenvalue weighted by atomic mass is 16.1. The molecule has 3 N–H and O–H groups in total. The number of nitrogens with zero attached hydrogens (tertiary/aromatic N) is 1. The molecule has 0 amide bonds. The van der Waals surface area contributed by atoms with E-state index >= 15 is 0 Å². The van der Waals surface area contributed by atoms with Gasteiger partial charge >= 0.3 is 0 Å². The normalized spacial score (nSPS) is 10.5. The summed E-state index contributed by atoms with van der Waals surface area (Å²) < 4.78 is 0. The number of hydrogen-bond acceptors (Lipinski definition) is 3. The molecule has 0 aliphatic carbocycles. The van der Waals surface area contributed by atoms with Crippen molar-refractivity contribution in [2.24, 2.45) is 5.73 Å². The first-order valence-electron chi connectivity index (χ1n) is 3.98. The molecule has 0 bridgehead atoms. The summed E-state index contributed by atoms with van der Waals surface area (Å²) in [5, 5.41) is 0.907. The Balaban J connectivity index is 2.85. The van der Waals surface area contributed by atoms with Crippen molar-refractivity contribution < 1.29 is 0 Å². The van der Waals surface area contributed by atoms with Crippen molar-refractivity contribution >= 4 is 10.9 Å². The van der Waals surface area contributed by atoms with Crippen LogP contribution < -0.4 is 11.3 Å². The number of H-pyrrole nitrogens is 1. The van der Waals surface area contributed by atoms with Crippen LogP contribution in [0, 0.1) is 0 Å². The van der Waals surface area contributed by atoms with Crippen molar-refractivity contribution in [1.82, 2.24) is 9.97 Å². The van der Waals surface area contributed by atoms with Crippen molar-refractivity contribution in [3.05, 3.63) is 40.4 Å². The number of rotatable bonds is 1. The minimum absolute atomic E-state index is 0.110. The molecule has 4 heteroatoms. The molecular weight excluding hydrogens is 166 g/mol. The van der Waals surface area contributed by atoms with Crippen molar-refractivity contribution in [2.45, 2.75) is 6.54 Å². The van der Waals surface area contributed by atoms with Gasteiger partial charge in [0, 0.05) is 24.2 Å². The molecule has 0 saturated carbocycles. The zero-order chi connectivity index (χ0) is 9.26. The maximum atomic E-state index is 11.0. The SMILES string of the molecule is NCc1nccc2[nH]c(=O)ccc12. The fraction of sp³-hybridized carbons (Fsp3) is 0.111. The maximum Gasteiger partial charge on any atom is 0.248 e. The van der Waals surface area contributed by atoms with Crippen LogP contribution in [0.1, 0.15) is 5.69 Å². The fourth-order valence-electron chi connectivity index (χ4n) is 1.31. The Morgan fingerprint density at radius 2 is 2.23 bits per heavy atom. The second-order valence-corrected chi connectivity index (χ2v) is 2.75. The summed E-state index contributed by atoms with van der Waals surface area (Å²) in [4.78, 5) is 17.8. The summed E-state index contributed by atoms with van der Waals surface area (Å²) >= 11 is 0. The molecule has 2 rings (SSSR count). The van der Waals surface area contributed by atoms with E-state index in [1.807, 2.05) is 0 Å². The third-order valence-corrected chi connectivity index (χ3v) is 1.93. The summed E-state index contributed by atoms with van der Waals surface area (Å²) in [6.07, 6.45) is 1.64. The standard InChI is InChI=1S/C9H9N3O/c10-5-8-6-1-2-9(13)12-7(6)3-4-11-8/h1-4H,5,10H2,(H,12,13). The molecule has 0 radical (unpaired) electrons. The van der Waals surface area contributed by atoms with Crippen LogP contribution in [0.15, 0.2) is 29.2 Å². The first-order chi connectivity index (χ1) is 6.31. The quantitative estimate of drug-likeness (QED) is 0.658. The molecule has 66 valence electrons. The second-order valence-electron chi connectivity index (χ2n) is 2.75. The first-order valence-corrected chi connectivity index (χ1v) is 3.98. The molecule has 0 aliphatic rings. The lowest BCUT2D eigenvalue weighted by molar-refractivity contribution is 1.01. The second kappa shape index (κ2) is 2.99. The predicted molar refractivity (Wildman–Crippen MR) is 50.3 cm³/mol.